The van der Waals surface area contributed by atoms with Gasteiger partial charge >= 0.3 is 0 Å². The standard InChI is InChI=1S/C8H4O/c1-3-7-5-8(4-2)9-6-7/h1-2,5-6H. The largest absolute Gasteiger partial charge is 0.455 e. The van der Waals surface area contributed by atoms with Gasteiger partial charge in [0.1, 0.15) is 6.26 Å². The maximum atomic E-state index is 5.04. The van der Waals surface area contributed by atoms with Crippen molar-refractivity contribution in [3.8, 4) is 24.7 Å². The van der Waals surface area contributed by atoms with E-state index in [4.69, 9.17) is 17.3 Å². The molecule has 0 saturated heterocycles. The number of hydrogen-bond acceptors (Lipinski definition) is 1. The van der Waals surface area contributed by atoms with E-state index in [2.05, 4.69) is 11.8 Å². The number of furan rings is 1. The summed E-state index contributed by atoms with van der Waals surface area (Å²) in [6, 6.07) is 1.64. The van der Waals surface area contributed by atoms with E-state index in [1.165, 1.54) is 6.26 Å². The van der Waals surface area contributed by atoms with Crippen LogP contribution in [0, 0.1) is 24.7 Å². The number of hydrogen-bond donors (Lipinski definition) is 0. The second-order valence-electron chi connectivity index (χ2n) is 1.49. The van der Waals surface area contributed by atoms with Crippen molar-refractivity contribution in [1.29, 1.82) is 0 Å². The van der Waals surface area contributed by atoms with Gasteiger partial charge < -0.3 is 4.42 Å². The zero-order valence-electron chi connectivity index (χ0n) is 4.72. The van der Waals surface area contributed by atoms with Crippen LogP contribution in [0.2, 0.25) is 0 Å². The van der Waals surface area contributed by atoms with E-state index in [1.807, 2.05) is 0 Å². The Labute approximate surface area is 53.7 Å². The van der Waals surface area contributed by atoms with Gasteiger partial charge in [-0.05, 0) is 5.92 Å². The number of terminal acetylenes is 2. The lowest BCUT2D eigenvalue weighted by Gasteiger charge is -1.69. The van der Waals surface area contributed by atoms with Gasteiger partial charge in [-0.1, -0.05) is 5.92 Å². The lowest BCUT2D eigenvalue weighted by atomic mass is 10.3. The first-order chi connectivity index (χ1) is 4.36. The van der Waals surface area contributed by atoms with Crippen LogP contribution in [-0.4, -0.2) is 0 Å². The van der Waals surface area contributed by atoms with Crippen molar-refractivity contribution in [2.45, 2.75) is 0 Å². The molecule has 0 saturated carbocycles. The SMILES string of the molecule is C#Cc1coc(C#C)c1. The minimum Gasteiger partial charge on any atom is -0.455 e. The van der Waals surface area contributed by atoms with Crippen LogP contribution >= 0.6 is 0 Å². The third-order valence-electron chi connectivity index (χ3n) is 0.908. The summed E-state index contributed by atoms with van der Waals surface area (Å²) in [4.78, 5) is 0. The van der Waals surface area contributed by atoms with Crippen LogP contribution in [0.4, 0.5) is 0 Å². The molecular weight excluding hydrogens is 112 g/mol. The molecule has 0 aliphatic rings. The first-order valence-electron chi connectivity index (χ1n) is 2.38. The van der Waals surface area contributed by atoms with E-state index >= 15 is 0 Å². The molecule has 0 unspecified atom stereocenters. The van der Waals surface area contributed by atoms with Crippen LogP contribution < -0.4 is 0 Å². The Kier molecular flexibility index (Phi) is 1.30. The Hall–Kier alpha value is -1.60. The van der Waals surface area contributed by atoms with Crippen molar-refractivity contribution in [2.75, 3.05) is 0 Å². The van der Waals surface area contributed by atoms with E-state index < -0.39 is 0 Å². The second-order valence-corrected chi connectivity index (χ2v) is 1.49. The van der Waals surface area contributed by atoms with Crippen molar-refractivity contribution in [2.24, 2.45) is 0 Å². The highest BCUT2D eigenvalue weighted by molar-refractivity contribution is 5.35. The maximum absolute atomic E-state index is 5.04. The third kappa shape index (κ3) is 0.953. The molecule has 0 N–H and O–H groups in total. The fourth-order valence-electron chi connectivity index (χ4n) is 0.488. The van der Waals surface area contributed by atoms with Crippen molar-refractivity contribution in [3.63, 3.8) is 0 Å². The molecule has 1 nitrogen and oxygen atoms in total. The molecule has 0 fully saturated rings. The lowest BCUT2D eigenvalue weighted by molar-refractivity contribution is 0.554. The van der Waals surface area contributed by atoms with Gasteiger partial charge in [0, 0.05) is 6.07 Å². The molecule has 0 aromatic carbocycles. The normalized spacial score (nSPS) is 7.78. The summed E-state index contributed by atoms with van der Waals surface area (Å²) >= 11 is 0. The van der Waals surface area contributed by atoms with E-state index in [-0.39, 0.29) is 0 Å². The predicted molar refractivity (Wildman–Crippen MR) is 34.6 cm³/mol. The van der Waals surface area contributed by atoms with Crippen LogP contribution in [0.3, 0.4) is 0 Å². The van der Waals surface area contributed by atoms with Crippen molar-refractivity contribution < 1.29 is 4.42 Å². The molecule has 0 amide bonds. The molecule has 1 heterocycles. The van der Waals surface area contributed by atoms with E-state index in [9.17, 15) is 0 Å². The monoisotopic (exact) mass is 116 g/mol. The van der Waals surface area contributed by atoms with Gasteiger partial charge in [-0.15, -0.1) is 12.8 Å². The Balaban J connectivity index is 3.08. The van der Waals surface area contributed by atoms with E-state index in [0.717, 1.165) is 0 Å². The van der Waals surface area contributed by atoms with Crippen LogP contribution in [0.5, 0.6) is 0 Å². The molecule has 1 heteroatoms. The first-order valence-corrected chi connectivity index (χ1v) is 2.38. The molecule has 9 heavy (non-hydrogen) atoms. The minimum absolute atomic E-state index is 0.475. The average molecular weight is 116 g/mol. The molecule has 1 rings (SSSR count). The van der Waals surface area contributed by atoms with E-state index in [0.29, 0.717) is 11.3 Å². The molecule has 1 aromatic rings. The first kappa shape index (κ1) is 5.54. The highest BCUT2D eigenvalue weighted by Gasteiger charge is 1.92. The van der Waals surface area contributed by atoms with Gasteiger partial charge in [-0.2, -0.15) is 0 Å². The van der Waals surface area contributed by atoms with Crippen molar-refractivity contribution in [1.82, 2.24) is 0 Å². The fraction of sp³-hybridized carbons (Fsp3) is 0. The molecule has 0 spiro atoms. The maximum Gasteiger partial charge on any atom is 0.177 e. The molecule has 0 atom stereocenters. The molecule has 1 aromatic heterocycles. The highest BCUT2D eigenvalue weighted by atomic mass is 16.3. The fourth-order valence-corrected chi connectivity index (χ4v) is 0.488. The summed E-state index contributed by atoms with van der Waals surface area (Å²) in [5.74, 6) is 5.19. The summed E-state index contributed by atoms with van der Waals surface area (Å²) in [6.45, 7) is 0. The Morgan fingerprint density at radius 3 is 2.44 bits per heavy atom. The van der Waals surface area contributed by atoms with Gasteiger partial charge in [0.2, 0.25) is 0 Å². The van der Waals surface area contributed by atoms with Gasteiger partial charge in [-0.3, -0.25) is 0 Å². The quantitative estimate of drug-likeness (QED) is 0.465. The van der Waals surface area contributed by atoms with Gasteiger partial charge in [0.15, 0.2) is 5.76 Å². The lowest BCUT2D eigenvalue weighted by Crippen LogP contribution is -1.60. The van der Waals surface area contributed by atoms with Crippen molar-refractivity contribution in [3.05, 3.63) is 23.7 Å². The molecule has 0 radical (unpaired) electrons. The summed E-state index contributed by atoms with van der Waals surface area (Å²) in [5.41, 5.74) is 0.683. The Morgan fingerprint density at radius 1 is 1.33 bits per heavy atom. The van der Waals surface area contributed by atoms with Gasteiger partial charge in [-0.25, -0.2) is 0 Å². The highest BCUT2D eigenvalue weighted by Crippen LogP contribution is 2.03. The topological polar surface area (TPSA) is 13.1 Å². The van der Waals surface area contributed by atoms with Gasteiger partial charge in [0.05, 0.1) is 5.56 Å². The summed E-state index contributed by atoms with van der Waals surface area (Å²) in [5, 5.41) is 0. The molecule has 0 aliphatic carbocycles. The van der Waals surface area contributed by atoms with Crippen molar-refractivity contribution >= 4 is 0 Å². The van der Waals surface area contributed by atoms with Gasteiger partial charge in [0.25, 0.3) is 0 Å². The summed E-state index contributed by atoms with van der Waals surface area (Å²) in [6.07, 6.45) is 11.5. The molecule has 0 aliphatic heterocycles. The van der Waals surface area contributed by atoms with Crippen LogP contribution in [0.15, 0.2) is 16.7 Å². The average Bonchev–Trinajstić information content (AvgIpc) is 2.34. The molecule has 0 bridgehead atoms. The second kappa shape index (κ2) is 2.11. The smallest absolute Gasteiger partial charge is 0.177 e. The van der Waals surface area contributed by atoms with Crippen LogP contribution in [0.1, 0.15) is 11.3 Å². The third-order valence-corrected chi connectivity index (χ3v) is 0.908. The Morgan fingerprint density at radius 2 is 2.11 bits per heavy atom. The zero-order valence-corrected chi connectivity index (χ0v) is 4.72. The number of rotatable bonds is 0. The summed E-state index contributed by atoms with van der Waals surface area (Å²) < 4.78 is 4.83. The minimum atomic E-state index is 0.475. The zero-order chi connectivity index (χ0) is 6.69. The molecule has 42 valence electrons. The van der Waals surface area contributed by atoms with E-state index in [1.54, 1.807) is 6.07 Å². The van der Waals surface area contributed by atoms with Crippen LogP contribution in [0.25, 0.3) is 0 Å². The van der Waals surface area contributed by atoms with Crippen LogP contribution in [-0.2, 0) is 0 Å². The summed E-state index contributed by atoms with van der Waals surface area (Å²) in [7, 11) is 0. The predicted octanol–water partition coefficient (Wildman–Crippen LogP) is 1.24. The Bertz CT molecular complexity index is 252. The molecular formula is C8H4O.